The van der Waals surface area contributed by atoms with Crippen molar-refractivity contribution in [1.82, 2.24) is 20.4 Å². The fraction of sp³-hybridized carbons (Fsp3) is 0.227. The van der Waals surface area contributed by atoms with Crippen molar-refractivity contribution < 1.29 is 14.5 Å². The summed E-state index contributed by atoms with van der Waals surface area (Å²) in [6.07, 6.45) is 3.87. The summed E-state index contributed by atoms with van der Waals surface area (Å²) in [5, 5.41) is 20.8. The Morgan fingerprint density at radius 2 is 1.81 bits per heavy atom. The average Bonchev–Trinajstić information content (AvgIpc) is 3.45. The molecule has 0 saturated heterocycles. The van der Waals surface area contributed by atoms with Gasteiger partial charge in [0.25, 0.3) is 11.6 Å². The molecule has 1 aliphatic carbocycles. The van der Waals surface area contributed by atoms with Gasteiger partial charge in [0.2, 0.25) is 5.91 Å². The maximum atomic E-state index is 12.8. The van der Waals surface area contributed by atoms with E-state index in [1.807, 2.05) is 30.3 Å². The monoisotopic (exact) mass is 419 g/mol. The standard InChI is InChI=1S/C22H21N5O4/c28-21(19-12-13-26(25-19)17-8-10-18(11-9-17)27(30)31)24-20(22(29)23-16-6-7-16)14-15-4-2-1-3-5-15/h1-5,8-13,16,20H,6-7,14H2,(H,23,29)(H,24,28). The number of nitrogens with zero attached hydrogens (tertiary/aromatic N) is 3. The van der Waals surface area contributed by atoms with E-state index < -0.39 is 16.9 Å². The number of rotatable bonds is 8. The van der Waals surface area contributed by atoms with Gasteiger partial charge in [-0.05, 0) is 36.6 Å². The van der Waals surface area contributed by atoms with Gasteiger partial charge in [0, 0.05) is 30.8 Å². The zero-order chi connectivity index (χ0) is 21.8. The molecule has 0 bridgehead atoms. The van der Waals surface area contributed by atoms with Gasteiger partial charge in [-0.2, -0.15) is 5.10 Å². The molecule has 158 valence electrons. The Labute approximate surface area is 178 Å². The van der Waals surface area contributed by atoms with E-state index in [0.717, 1.165) is 18.4 Å². The Kier molecular flexibility index (Phi) is 5.74. The Hall–Kier alpha value is -4.01. The lowest BCUT2D eigenvalue weighted by atomic mass is 10.0. The molecule has 2 aromatic carbocycles. The van der Waals surface area contributed by atoms with E-state index in [2.05, 4.69) is 15.7 Å². The minimum absolute atomic E-state index is 0.0284. The highest BCUT2D eigenvalue weighted by molar-refractivity contribution is 5.96. The third kappa shape index (κ3) is 5.13. The number of carbonyl (C=O) groups excluding carboxylic acids is 2. The number of nitro groups is 1. The molecule has 1 saturated carbocycles. The summed E-state index contributed by atoms with van der Waals surface area (Å²) in [7, 11) is 0. The molecule has 9 heteroatoms. The minimum atomic E-state index is -0.722. The van der Waals surface area contributed by atoms with Crippen LogP contribution in [0.5, 0.6) is 0 Å². The van der Waals surface area contributed by atoms with Crippen molar-refractivity contribution in [3.63, 3.8) is 0 Å². The first-order valence-electron chi connectivity index (χ1n) is 9.95. The maximum Gasteiger partial charge on any atom is 0.272 e. The molecule has 1 aliphatic rings. The smallest absolute Gasteiger partial charge is 0.272 e. The van der Waals surface area contributed by atoms with Gasteiger partial charge in [0.05, 0.1) is 10.6 Å². The zero-order valence-corrected chi connectivity index (χ0v) is 16.6. The molecule has 9 nitrogen and oxygen atoms in total. The van der Waals surface area contributed by atoms with Crippen molar-refractivity contribution in [2.45, 2.75) is 31.3 Å². The molecule has 0 aliphatic heterocycles. The van der Waals surface area contributed by atoms with Gasteiger partial charge in [-0.15, -0.1) is 0 Å². The second-order valence-corrected chi connectivity index (χ2v) is 7.42. The average molecular weight is 419 g/mol. The highest BCUT2D eigenvalue weighted by Crippen LogP contribution is 2.19. The molecule has 2 amide bonds. The Bertz CT molecular complexity index is 1090. The van der Waals surface area contributed by atoms with Crippen LogP contribution in [0, 0.1) is 10.1 Å². The predicted octanol–water partition coefficient (Wildman–Crippen LogP) is 2.40. The zero-order valence-electron chi connectivity index (χ0n) is 16.6. The van der Waals surface area contributed by atoms with Crippen LogP contribution < -0.4 is 10.6 Å². The third-order valence-electron chi connectivity index (χ3n) is 4.97. The summed E-state index contributed by atoms with van der Waals surface area (Å²) in [4.78, 5) is 35.8. The SMILES string of the molecule is O=C(NC(Cc1ccccc1)C(=O)NC1CC1)c1ccn(-c2ccc([N+](=O)[O-])cc2)n1. The van der Waals surface area contributed by atoms with E-state index in [1.165, 1.54) is 22.9 Å². The van der Waals surface area contributed by atoms with E-state index >= 15 is 0 Å². The number of amides is 2. The molecule has 0 radical (unpaired) electrons. The van der Waals surface area contributed by atoms with E-state index in [0.29, 0.717) is 12.1 Å². The second kappa shape index (κ2) is 8.78. The van der Waals surface area contributed by atoms with Crippen molar-refractivity contribution in [1.29, 1.82) is 0 Å². The molecule has 1 atom stereocenters. The highest BCUT2D eigenvalue weighted by Gasteiger charge is 2.29. The number of hydrogen-bond acceptors (Lipinski definition) is 5. The van der Waals surface area contributed by atoms with Crippen molar-refractivity contribution >= 4 is 17.5 Å². The minimum Gasteiger partial charge on any atom is -0.352 e. The summed E-state index contributed by atoms with van der Waals surface area (Å²) in [5.41, 5.74) is 1.64. The van der Waals surface area contributed by atoms with Crippen LogP contribution in [-0.2, 0) is 11.2 Å². The van der Waals surface area contributed by atoms with Crippen LogP contribution in [0.15, 0.2) is 66.9 Å². The normalized spacial score (nSPS) is 13.9. The summed E-state index contributed by atoms with van der Waals surface area (Å²) < 4.78 is 1.45. The lowest BCUT2D eigenvalue weighted by molar-refractivity contribution is -0.384. The number of carbonyl (C=O) groups is 2. The van der Waals surface area contributed by atoms with E-state index in [-0.39, 0.29) is 23.3 Å². The van der Waals surface area contributed by atoms with Crippen molar-refractivity contribution in [3.05, 3.63) is 88.2 Å². The Morgan fingerprint density at radius 3 is 2.45 bits per heavy atom. The first kappa shape index (κ1) is 20.3. The van der Waals surface area contributed by atoms with Crippen molar-refractivity contribution in [3.8, 4) is 5.69 Å². The van der Waals surface area contributed by atoms with E-state index in [1.54, 1.807) is 18.3 Å². The lowest BCUT2D eigenvalue weighted by Gasteiger charge is -2.18. The molecule has 1 fully saturated rings. The molecule has 1 aromatic heterocycles. The van der Waals surface area contributed by atoms with E-state index in [4.69, 9.17) is 0 Å². The second-order valence-electron chi connectivity index (χ2n) is 7.42. The Morgan fingerprint density at radius 1 is 1.10 bits per heavy atom. The fourth-order valence-corrected chi connectivity index (χ4v) is 3.14. The molecule has 0 spiro atoms. The molecule has 1 unspecified atom stereocenters. The Balaban J connectivity index is 1.47. The molecule has 3 aromatic rings. The van der Waals surface area contributed by atoms with E-state index in [9.17, 15) is 19.7 Å². The van der Waals surface area contributed by atoms with Crippen LogP contribution in [0.4, 0.5) is 5.69 Å². The van der Waals surface area contributed by atoms with Crippen LogP contribution in [0.3, 0.4) is 0 Å². The van der Waals surface area contributed by atoms with Crippen LogP contribution in [0.25, 0.3) is 5.69 Å². The van der Waals surface area contributed by atoms with Crippen LogP contribution in [-0.4, -0.2) is 38.6 Å². The summed E-state index contributed by atoms with van der Waals surface area (Å²) >= 11 is 0. The number of aromatic nitrogens is 2. The topological polar surface area (TPSA) is 119 Å². The number of non-ortho nitro benzene ring substituents is 1. The van der Waals surface area contributed by atoms with Crippen LogP contribution in [0.1, 0.15) is 28.9 Å². The first-order valence-corrected chi connectivity index (χ1v) is 9.95. The van der Waals surface area contributed by atoms with Crippen molar-refractivity contribution in [2.75, 3.05) is 0 Å². The van der Waals surface area contributed by atoms with Gasteiger partial charge in [-0.3, -0.25) is 19.7 Å². The molecular weight excluding hydrogens is 398 g/mol. The predicted molar refractivity (Wildman–Crippen MR) is 113 cm³/mol. The molecule has 4 rings (SSSR count). The van der Waals surface area contributed by atoms with Crippen LogP contribution in [0.2, 0.25) is 0 Å². The number of hydrogen-bond donors (Lipinski definition) is 2. The first-order chi connectivity index (χ1) is 15.0. The van der Waals surface area contributed by atoms with Crippen molar-refractivity contribution in [2.24, 2.45) is 0 Å². The van der Waals surface area contributed by atoms with Gasteiger partial charge in [0.15, 0.2) is 5.69 Å². The summed E-state index contributed by atoms with van der Waals surface area (Å²) in [5.74, 6) is -0.679. The van der Waals surface area contributed by atoms with Gasteiger partial charge in [0.1, 0.15) is 6.04 Å². The van der Waals surface area contributed by atoms with Gasteiger partial charge in [-0.25, -0.2) is 4.68 Å². The van der Waals surface area contributed by atoms with Gasteiger partial charge in [-0.1, -0.05) is 30.3 Å². The maximum absolute atomic E-state index is 12.8. The quantitative estimate of drug-likeness (QED) is 0.429. The number of nitrogens with one attached hydrogen (secondary N) is 2. The molecule has 31 heavy (non-hydrogen) atoms. The molecule has 1 heterocycles. The van der Waals surface area contributed by atoms with Gasteiger partial charge < -0.3 is 10.6 Å². The largest absolute Gasteiger partial charge is 0.352 e. The lowest BCUT2D eigenvalue weighted by Crippen LogP contribution is -2.48. The third-order valence-corrected chi connectivity index (χ3v) is 4.97. The van der Waals surface area contributed by atoms with Crippen LogP contribution >= 0.6 is 0 Å². The summed E-state index contributed by atoms with van der Waals surface area (Å²) in [6, 6.07) is 16.3. The molecule has 2 N–H and O–H groups in total. The summed E-state index contributed by atoms with van der Waals surface area (Å²) in [6.45, 7) is 0. The molecular formula is C22H21N5O4. The highest BCUT2D eigenvalue weighted by atomic mass is 16.6. The fourth-order valence-electron chi connectivity index (χ4n) is 3.14. The van der Waals surface area contributed by atoms with Gasteiger partial charge >= 0.3 is 0 Å². The number of benzene rings is 2. The number of nitro benzene ring substituents is 1.